The summed E-state index contributed by atoms with van der Waals surface area (Å²) in [4.78, 5) is 0. The van der Waals surface area contributed by atoms with E-state index in [9.17, 15) is 0 Å². The molecular formula is C16H20N2O. The van der Waals surface area contributed by atoms with Crippen LogP contribution in [0.15, 0.2) is 48.5 Å². The number of hydrogen-bond donors (Lipinski definition) is 2. The highest BCUT2D eigenvalue weighted by Crippen LogP contribution is 2.14. The van der Waals surface area contributed by atoms with Crippen LogP contribution >= 0.6 is 0 Å². The largest absolute Gasteiger partial charge is 0.494 e. The summed E-state index contributed by atoms with van der Waals surface area (Å²) in [7, 11) is 0. The SMILES string of the molecule is CCOc1cccc(CNCc2ccccc2N)c1. The second-order valence-corrected chi connectivity index (χ2v) is 4.38. The van der Waals surface area contributed by atoms with Crippen molar-refractivity contribution in [3.05, 3.63) is 59.7 Å². The van der Waals surface area contributed by atoms with Crippen LogP contribution in [0.5, 0.6) is 5.75 Å². The highest BCUT2D eigenvalue weighted by Gasteiger charge is 1.99. The first-order valence-electron chi connectivity index (χ1n) is 6.55. The van der Waals surface area contributed by atoms with E-state index >= 15 is 0 Å². The molecule has 2 aromatic rings. The molecule has 0 aliphatic carbocycles. The van der Waals surface area contributed by atoms with Crippen LogP contribution in [0, 0.1) is 0 Å². The Balaban J connectivity index is 1.89. The molecule has 3 N–H and O–H groups in total. The second-order valence-electron chi connectivity index (χ2n) is 4.38. The summed E-state index contributed by atoms with van der Waals surface area (Å²) in [5.74, 6) is 0.918. The molecule has 2 aromatic carbocycles. The van der Waals surface area contributed by atoms with Gasteiger partial charge in [0.2, 0.25) is 0 Å². The number of benzene rings is 2. The van der Waals surface area contributed by atoms with Gasteiger partial charge in [-0.05, 0) is 36.2 Å². The van der Waals surface area contributed by atoms with E-state index in [4.69, 9.17) is 10.5 Å². The number of hydrogen-bond acceptors (Lipinski definition) is 3. The highest BCUT2D eigenvalue weighted by atomic mass is 16.5. The van der Waals surface area contributed by atoms with Gasteiger partial charge >= 0.3 is 0 Å². The molecule has 100 valence electrons. The fraction of sp³-hybridized carbons (Fsp3) is 0.250. The first-order valence-corrected chi connectivity index (χ1v) is 6.55. The molecule has 0 saturated carbocycles. The fourth-order valence-electron chi connectivity index (χ4n) is 1.95. The van der Waals surface area contributed by atoms with E-state index in [1.807, 2.05) is 43.3 Å². The van der Waals surface area contributed by atoms with Crippen molar-refractivity contribution >= 4 is 5.69 Å². The van der Waals surface area contributed by atoms with Crippen molar-refractivity contribution in [2.75, 3.05) is 12.3 Å². The number of rotatable bonds is 6. The predicted octanol–water partition coefficient (Wildman–Crippen LogP) is 2.96. The highest BCUT2D eigenvalue weighted by molar-refractivity contribution is 5.46. The molecule has 0 spiro atoms. The van der Waals surface area contributed by atoms with Gasteiger partial charge in [-0.25, -0.2) is 0 Å². The second kappa shape index (κ2) is 6.81. The van der Waals surface area contributed by atoms with Crippen LogP contribution in [-0.4, -0.2) is 6.61 Å². The molecular weight excluding hydrogens is 236 g/mol. The Morgan fingerprint density at radius 2 is 1.89 bits per heavy atom. The molecule has 0 heterocycles. The maximum Gasteiger partial charge on any atom is 0.119 e. The van der Waals surface area contributed by atoms with Gasteiger partial charge in [-0.1, -0.05) is 30.3 Å². The minimum atomic E-state index is 0.692. The zero-order valence-corrected chi connectivity index (χ0v) is 11.2. The predicted molar refractivity (Wildman–Crippen MR) is 79.0 cm³/mol. The molecule has 0 aromatic heterocycles. The van der Waals surface area contributed by atoms with Crippen molar-refractivity contribution in [1.29, 1.82) is 0 Å². The van der Waals surface area contributed by atoms with Gasteiger partial charge in [0.25, 0.3) is 0 Å². The minimum absolute atomic E-state index is 0.692. The number of nitrogen functional groups attached to an aromatic ring is 1. The van der Waals surface area contributed by atoms with Gasteiger partial charge in [0.05, 0.1) is 6.61 Å². The number of ether oxygens (including phenoxy) is 1. The molecule has 19 heavy (non-hydrogen) atoms. The quantitative estimate of drug-likeness (QED) is 0.781. The number of nitrogens with two attached hydrogens (primary N) is 1. The molecule has 2 rings (SSSR count). The van der Waals surface area contributed by atoms with E-state index in [1.54, 1.807) is 0 Å². The van der Waals surface area contributed by atoms with Crippen LogP contribution in [0.3, 0.4) is 0 Å². The smallest absolute Gasteiger partial charge is 0.119 e. The Labute approximate surface area is 114 Å². The lowest BCUT2D eigenvalue weighted by Gasteiger charge is -2.09. The Kier molecular flexibility index (Phi) is 4.81. The maximum absolute atomic E-state index is 5.90. The van der Waals surface area contributed by atoms with Crippen LogP contribution < -0.4 is 15.8 Å². The van der Waals surface area contributed by atoms with E-state index in [0.29, 0.717) is 6.61 Å². The summed E-state index contributed by atoms with van der Waals surface area (Å²) in [5, 5.41) is 3.39. The van der Waals surface area contributed by atoms with Crippen molar-refractivity contribution in [3.8, 4) is 5.75 Å². The number of anilines is 1. The summed E-state index contributed by atoms with van der Waals surface area (Å²) < 4.78 is 5.48. The average Bonchev–Trinajstić information content (AvgIpc) is 2.42. The van der Waals surface area contributed by atoms with Crippen LogP contribution in [0.25, 0.3) is 0 Å². The zero-order chi connectivity index (χ0) is 13.5. The first-order chi connectivity index (χ1) is 9.29. The third-order valence-electron chi connectivity index (χ3n) is 2.91. The standard InChI is InChI=1S/C16H20N2O/c1-2-19-15-8-5-6-13(10-15)11-18-12-14-7-3-4-9-16(14)17/h3-10,18H,2,11-12,17H2,1H3. The lowest BCUT2D eigenvalue weighted by molar-refractivity contribution is 0.340. The molecule has 0 atom stereocenters. The summed E-state index contributed by atoms with van der Waals surface area (Å²) in [6.07, 6.45) is 0. The maximum atomic E-state index is 5.90. The topological polar surface area (TPSA) is 47.3 Å². The van der Waals surface area contributed by atoms with Crippen LogP contribution in [-0.2, 0) is 13.1 Å². The minimum Gasteiger partial charge on any atom is -0.494 e. The van der Waals surface area contributed by atoms with Gasteiger partial charge < -0.3 is 15.8 Å². The number of nitrogens with one attached hydrogen (secondary N) is 1. The summed E-state index contributed by atoms with van der Waals surface area (Å²) in [6.45, 7) is 4.25. The molecule has 0 radical (unpaired) electrons. The van der Waals surface area contributed by atoms with Crippen molar-refractivity contribution in [3.63, 3.8) is 0 Å². The van der Waals surface area contributed by atoms with Gasteiger partial charge in [0.1, 0.15) is 5.75 Å². The summed E-state index contributed by atoms with van der Waals surface area (Å²) in [6, 6.07) is 16.1. The molecule has 3 nitrogen and oxygen atoms in total. The summed E-state index contributed by atoms with van der Waals surface area (Å²) in [5.41, 5.74) is 9.07. The Morgan fingerprint density at radius 3 is 2.68 bits per heavy atom. The van der Waals surface area contributed by atoms with Gasteiger partial charge in [-0.15, -0.1) is 0 Å². The van der Waals surface area contributed by atoms with Crippen molar-refractivity contribution in [2.24, 2.45) is 0 Å². The first kappa shape index (κ1) is 13.4. The van der Waals surface area contributed by atoms with Crippen LogP contribution in [0.2, 0.25) is 0 Å². The monoisotopic (exact) mass is 256 g/mol. The van der Waals surface area contributed by atoms with Crippen LogP contribution in [0.1, 0.15) is 18.1 Å². The van der Waals surface area contributed by atoms with Gasteiger partial charge in [0, 0.05) is 18.8 Å². The van der Waals surface area contributed by atoms with Crippen molar-refractivity contribution in [2.45, 2.75) is 20.0 Å². The van der Waals surface area contributed by atoms with E-state index in [1.165, 1.54) is 5.56 Å². The van der Waals surface area contributed by atoms with Gasteiger partial charge in [0.15, 0.2) is 0 Å². The molecule has 0 aliphatic heterocycles. The third kappa shape index (κ3) is 4.00. The molecule has 0 unspecified atom stereocenters. The third-order valence-corrected chi connectivity index (χ3v) is 2.91. The van der Waals surface area contributed by atoms with E-state index < -0.39 is 0 Å². The Bertz CT molecular complexity index is 526. The van der Waals surface area contributed by atoms with E-state index in [2.05, 4.69) is 17.4 Å². The molecule has 0 amide bonds. The summed E-state index contributed by atoms with van der Waals surface area (Å²) >= 11 is 0. The molecule has 0 saturated heterocycles. The Hall–Kier alpha value is -2.00. The fourth-order valence-corrected chi connectivity index (χ4v) is 1.95. The number of para-hydroxylation sites is 1. The van der Waals surface area contributed by atoms with E-state index in [-0.39, 0.29) is 0 Å². The molecule has 3 heteroatoms. The average molecular weight is 256 g/mol. The molecule has 0 aliphatic rings. The lowest BCUT2D eigenvalue weighted by atomic mass is 10.1. The van der Waals surface area contributed by atoms with Crippen molar-refractivity contribution < 1.29 is 4.74 Å². The Morgan fingerprint density at radius 1 is 1.05 bits per heavy atom. The molecule has 0 fully saturated rings. The lowest BCUT2D eigenvalue weighted by Crippen LogP contribution is -2.13. The molecule has 0 bridgehead atoms. The van der Waals surface area contributed by atoms with Crippen molar-refractivity contribution in [1.82, 2.24) is 5.32 Å². The van der Waals surface area contributed by atoms with Gasteiger partial charge in [-0.3, -0.25) is 0 Å². The van der Waals surface area contributed by atoms with Gasteiger partial charge in [-0.2, -0.15) is 0 Å². The van der Waals surface area contributed by atoms with Crippen LogP contribution in [0.4, 0.5) is 5.69 Å². The zero-order valence-electron chi connectivity index (χ0n) is 11.2. The normalized spacial score (nSPS) is 10.4. The van der Waals surface area contributed by atoms with E-state index in [0.717, 1.165) is 30.1 Å².